The van der Waals surface area contributed by atoms with Crippen molar-refractivity contribution >= 4 is 33.2 Å². The lowest BCUT2D eigenvalue weighted by atomic mass is 10.1. The van der Waals surface area contributed by atoms with E-state index in [9.17, 15) is 19.7 Å². The molecule has 0 aliphatic carbocycles. The molecule has 1 unspecified atom stereocenters. The molecule has 0 saturated heterocycles. The maximum absolute atomic E-state index is 13.1. The molecule has 3 aromatic rings. The number of esters is 1. The summed E-state index contributed by atoms with van der Waals surface area (Å²) < 4.78 is 6.33. The molecule has 1 atom stereocenters. The van der Waals surface area contributed by atoms with Crippen LogP contribution in [0.25, 0.3) is 21.3 Å². The Morgan fingerprint density at radius 3 is 2.85 bits per heavy atom. The number of nitro benzene ring substituents is 1. The summed E-state index contributed by atoms with van der Waals surface area (Å²) in [7, 11) is 0. The fraction of sp³-hybridized carbons (Fsp3) is 0.278. The van der Waals surface area contributed by atoms with Crippen molar-refractivity contribution in [3.63, 3.8) is 0 Å². The van der Waals surface area contributed by atoms with Crippen molar-refractivity contribution in [2.75, 3.05) is 6.61 Å². The number of thiophene rings is 1. The topological polar surface area (TPSA) is 104 Å². The summed E-state index contributed by atoms with van der Waals surface area (Å²) in [5.74, 6) is -0.490. The highest BCUT2D eigenvalue weighted by molar-refractivity contribution is 7.17. The highest BCUT2D eigenvalue weighted by atomic mass is 32.1. The van der Waals surface area contributed by atoms with Crippen LogP contribution in [0.3, 0.4) is 0 Å². The van der Waals surface area contributed by atoms with Gasteiger partial charge in [0.25, 0.3) is 11.2 Å². The highest BCUT2D eigenvalue weighted by Crippen LogP contribution is 2.32. The predicted octanol–water partition coefficient (Wildman–Crippen LogP) is 3.55. The summed E-state index contributed by atoms with van der Waals surface area (Å²) in [5, 5.41) is 13.1. The summed E-state index contributed by atoms with van der Waals surface area (Å²) in [6.45, 7) is 3.71. The number of benzene rings is 1. The second kappa shape index (κ2) is 7.67. The summed E-state index contributed by atoms with van der Waals surface area (Å²) >= 11 is 1.27. The summed E-state index contributed by atoms with van der Waals surface area (Å²) in [5.41, 5.74) is 0.678. The van der Waals surface area contributed by atoms with E-state index in [4.69, 9.17) is 4.74 Å². The second-order valence-electron chi connectivity index (χ2n) is 5.77. The number of ether oxygens (including phenoxy) is 1. The van der Waals surface area contributed by atoms with Gasteiger partial charge in [-0.3, -0.25) is 19.5 Å². The van der Waals surface area contributed by atoms with Gasteiger partial charge in [0.05, 0.1) is 23.2 Å². The maximum Gasteiger partial charge on any atom is 0.329 e. The maximum atomic E-state index is 13.1. The highest BCUT2D eigenvalue weighted by Gasteiger charge is 2.23. The Hall–Kier alpha value is -3.07. The molecule has 1 aromatic carbocycles. The molecule has 0 fully saturated rings. The third-order valence-corrected chi connectivity index (χ3v) is 5.05. The van der Waals surface area contributed by atoms with Gasteiger partial charge >= 0.3 is 5.97 Å². The first kappa shape index (κ1) is 18.7. The fourth-order valence-corrected chi connectivity index (χ4v) is 3.79. The summed E-state index contributed by atoms with van der Waals surface area (Å²) in [4.78, 5) is 40.7. The molecule has 3 rings (SSSR count). The van der Waals surface area contributed by atoms with Crippen LogP contribution < -0.4 is 5.56 Å². The van der Waals surface area contributed by atoms with Crippen LogP contribution >= 0.6 is 11.3 Å². The number of carbonyl (C=O) groups is 1. The Morgan fingerprint density at radius 1 is 1.41 bits per heavy atom. The molecular weight excluding hydrogens is 370 g/mol. The zero-order valence-electron chi connectivity index (χ0n) is 14.7. The SMILES string of the molecule is CCOC(=O)C(CC)n1cnc2scc(-c3cccc([N+](=O)[O-])c3)c2c1=O. The number of rotatable bonds is 6. The van der Waals surface area contributed by atoms with Gasteiger partial charge in [0.15, 0.2) is 0 Å². The largest absolute Gasteiger partial charge is 0.464 e. The number of aromatic nitrogens is 2. The van der Waals surface area contributed by atoms with E-state index in [1.807, 2.05) is 0 Å². The first-order valence-electron chi connectivity index (χ1n) is 8.37. The standard InChI is InChI=1S/C18H17N3O5S/c1-3-14(18(23)26-4-2)20-10-19-16-15(17(20)22)13(9-27-16)11-6-5-7-12(8-11)21(24)25/h5-10,14H,3-4H2,1-2H3. The zero-order chi connectivity index (χ0) is 19.6. The number of nitro groups is 1. The molecule has 9 heteroatoms. The van der Waals surface area contributed by atoms with E-state index in [2.05, 4.69) is 4.98 Å². The Bertz CT molecular complexity index is 1070. The zero-order valence-corrected chi connectivity index (χ0v) is 15.6. The number of carbonyl (C=O) groups excluding carboxylic acids is 1. The van der Waals surface area contributed by atoms with Gasteiger partial charge in [-0.25, -0.2) is 9.78 Å². The van der Waals surface area contributed by atoms with Crippen molar-refractivity contribution < 1.29 is 14.5 Å². The van der Waals surface area contributed by atoms with Crippen LogP contribution in [0.5, 0.6) is 0 Å². The number of hydrogen-bond acceptors (Lipinski definition) is 7. The van der Waals surface area contributed by atoms with E-state index in [1.165, 1.54) is 34.4 Å². The van der Waals surface area contributed by atoms with Crippen molar-refractivity contribution in [1.29, 1.82) is 0 Å². The lowest BCUT2D eigenvalue weighted by Crippen LogP contribution is -2.31. The van der Waals surface area contributed by atoms with Crippen LogP contribution in [0.1, 0.15) is 26.3 Å². The number of fused-ring (bicyclic) bond motifs is 1. The quantitative estimate of drug-likeness (QED) is 0.364. The van der Waals surface area contributed by atoms with Gasteiger partial charge in [-0.05, 0) is 18.9 Å². The molecule has 0 spiro atoms. The second-order valence-corrected chi connectivity index (χ2v) is 6.63. The molecule has 0 bridgehead atoms. The molecule has 140 valence electrons. The third kappa shape index (κ3) is 3.45. The number of nitrogens with zero attached hydrogens (tertiary/aromatic N) is 3. The van der Waals surface area contributed by atoms with E-state index in [1.54, 1.807) is 31.4 Å². The summed E-state index contributed by atoms with van der Waals surface area (Å²) in [6.07, 6.45) is 1.73. The van der Waals surface area contributed by atoms with Crippen molar-refractivity contribution in [2.24, 2.45) is 0 Å². The van der Waals surface area contributed by atoms with Crippen LogP contribution in [0.4, 0.5) is 5.69 Å². The molecule has 0 N–H and O–H groups in total. The van der Waals surface area contributed by atoms with Crippen molar-refractivity contribution in [1.82, 2.24) is 9.55 Å². The van der Waals surface area contributed by atoms with Crippen LogP contribution in [-0.4, -0.2) is 27.1 Å². The molecule has 0 aliphatic rings. The van der Waals surface area contributed by atoms with E-state index in [0.29, 0.717) is 27.8 Å². The first-order chi connectivity index (χ1) is 13.0. The van der Waals surface area contributed by atoms with Gasteiger partial charge in [0.2, 0.25) is 0 Å². The number of hydrogen-bond donors (Lipinski definition) is 0. The normalized spacial score (nSPS) is 12.1. The number of non-ortho nitro benzene ring substituents is 1. The van der Waals surface area contributed by atoms with Crippen molar-refractivity contribution in [3.05, 3.63) is 56.4 Å². The molecule has 8 nitrogen and oxygen atoms in total. The molecule has 2 aromatic heterocycles. The predicted molar refractivity (Wildman–Crippen MR) is 102 cm³/mol. The molecule has 0 aliphatic heterocycles. The minimum absolute atomic E-state index is 0.0611. The van der Waals surface area contributed by atoms with Gasteiger partial charge in [-0.2, -0.15) is 0 Å². The van der Waals surface area contributed by atoms with E-state index in [-0.39, 0.29) is 17.9 Å². The smallest absolute Gasteiger partial charge is 0.329 e. The van der Waals surface area contributed by atoms with Gasteiger partial charge in [-0.1, -0.05) is 19.1 Å². The molecule has 2 heterocycles. The average molecular weight is 387 g/mol. The molecule has 0 saturated carbocycles. The van der Waals surface area contributed by atoms with E-state index in [0.717, 1.165) is 0 Å². The first-order valence-corrected chi connectivity index (χ1v) is 9.25. The molecule has 0 amide bonds. The average Bonchev–Trinajstić information content (AvgIpc) is 3.09. The minimum Gasteiger partial charge on any atom is -0.464 e. The van der Waals surface area contributed by atoms with Crippen molar-refractivity contribution in [3.8, 4) is 11.1 Å². The van der Waals surface area contributed by atoms with Gasteiger partial charge in [0, 0.05) is 23.1 Å². The van der Waals surface area contributed by atoms with E-state index >= 15 is 0 Å². The Morgan fingerprint density at radius 2 is 2.19 bits per heavy atom. The Labute approximate surface area is 158 Å². The molecular formula is C18H17N3O5S. The van der Waals surface area contributed by atoms with Gasteiger partial charge in [0.1, 0.15) is 10.9 Å². The van der Waals surface area contributed by atoms with Crippen LogP contribution in [-0.2, 0) is 9.53 Å². The van der Waals surface area contributed by atoms with Crippen LogP contribution in [0.15, 0.2) is 40.8 Å². The van der Waals surface area contributed by atoms with Gasteiger partial charge < -0.3 is 4.74 Å². The lowest BCUT2D eigenvalue weighted by Gasteiger charge is -2.16. The molecule has 0 radical (unpaired) electrons. The Balaban J connectivity index is 2.18. The minimum atomic E-state index is -0.771. The van der Waals surface area contributed by atoms with Crippen molar-refractivity contribution in [2.45, 2.75) is 26.3 Å². The van der Waals surface area contributed by atoms with Gasteiger partial charge in [-0.15, -0.1) is 11.3 Å². The van der Waals surface area contributed by atoms with E-state index < -0.39 is 16.9 Å². The molecule has 27 heavy (non-hydrogen) atoms. The monoisotopic (exact) mass is 387 g/mol. The third-order valence-electron chi connectivity index (χ3n) is 4.17. The lowest BCUT2D eigenvalue weighted by molar-refractivity contribution is -0.384. The van der Waals surface area contributed by atoms with Crippen LogP contribution in [0.2, 0.25) is 0 Å². The summed E-state index contributed by atoms with van der Waals surface area (Å²) in [6, 6.07) is 5.31. The Kier molecular flexibility index (Phi) is 5.31. The fourth-order valence-electron chi connectivity index (χ4n) is 2.88. The van der Waals surface area contributed by atoms with Crippen LogP contribution in [0, 0.1) is 10.1 Å².